The molecule has 28 rings (SSSR count). The minimum absolute atomic E-state index is 0. The Morgan fingerprint density at radius 3 is 0.757 bits per heavy atom. The fraction of sp³-hybridized carbons (Fsp3) is 0.118. The molecule has 0 aliphatic heterocycles. The molecule has 0 atom stereocenters. The van der Waals surface area contributed by atoms with Gasteiger partial charge in [0, 0.05) is 63.5 Å². The normalized spacial score (nSPS) is 15.7. The number of halogens is 1. The zero-order chi connectivity index (χ0) is 93.7. The highest BCUT2D eigenvalue weighted by Gasteiger charge is 2.57. The van der Waals surface area contributed by atoms with Gasteiger partial charge in [0.15, 0.2) is 0 Å². The molecule has 8 aliphatic rings. The van der Waals surface area contributed by atoms with Crippen LogP contribution in [0.2, 0.25) is 5.02 Å². The van der Waals surface area contributed by atoms with Crippen molar-refractivity contribution in [1.29, 1.82) is 0 Å². The van der Waals surface area contributed by atoms with Gasteiger partial charge in [0.2, 0.25) is 0 Å². The Morgan fingerprint density at radius 1 is 0.164 bits per heavy atom. The fourth-order valence-corrected chi connectivity index (χ4v) is 27.3. The molecule has 0 aromatic heterocycles. The molecule has 0 bridgehead atoms. The minimum atomic E-state index is -0.531. The third-order valence-electron chi connectivity index (χ3n) is 33.2. The number of anilines is 5. The number of nitrogens with one attached hydrogen (secondary N) is 1. The van der Waals surface area contributed by atoms with E-state index in [-0.39, 0.29) is 35.5 Å². The van der Waals surface area contributed by atoms with Crippen LogP contribution in [0.25, 0.3) is 66.8 Å². The highest BCUT2D eigenvalue weighted by molar-refractivity contribution is 6.31. The van der Waals surface area contributed by atoms with E-state index in [0.29, 0.717) is 0 Å². The van der Waals surface area contributed by atoms with Crippen LogP contribution in [-0.2, 0) is 43.3 Å². The maximum Gasteiger partial charge on any atom is 0.0719 e. The number of benzene rings is 20. The first kappa shape index (κ1) is 86.0. The average Bonchev–Trinajstić information content (AvgIpc) is 1.40. The van der Waals surface area contributed by atoms with Gasteiger partial charge in [-0.3, -0.25) is 0 Å². The van der Waals surface area contributed by atoms with Gasteiger partial charge in [0.25, 0.3) is 0 Å². The summed E-state index contributed by atoms with van der Waals surface area (Å²) in [7, 11) is 0. The van der Waals surface area contributed by atoms with Gasteiger partial charge in [-0.1, -0.05) is 467 Å². The van der Waals surface area contributed by atoms with Gasteiger partial charge in [-0.15, -0.1) is 0 Å². The van der Waals surface area contributed by atoms with Crippen molar-refractivity contribution in [2.24, 2.45) is 0 Å². The highest BCUT2D eigenvalue weighted by Crippen LogP contribution is 2.67. The van der Waals surface area contributed by atoms with Crippen LogP contribution in [0.5, 0.6) is 0 Å². The molecule has 140 heavy (non-hydrogen) atoms. The Labute approximate surface area is 829 Å². The summed E-state index contributed by atoms with van der Waals surface area (Å²) in [5, 5.41) is 4.58. The lowest BCUT2D eigenvalue weighted by molar-refractivity contribution is 0.563. The first-order valence-corrected chi connectivity index (χ1v) is 49.6. The molecule has 0 heterocycles. The van der Waals surface area contributed by atoms with Crippen LogP contribution in [0, 0.1) is 0 Å². The van der Waals surface area contributed by atoms with Gasteiger partial charge in [0.05, 0.1) is 21.7 Å². The quantitative estimate of drug-likeness (QED) is 0.145. The van der Waals surface area contributed by atoms with Crippen molar-refractivity contribution in [2.75, 3.05) is 10.2 Å². The van der Waals surface area contributed by atoms with Crippen molar-refractivity contribution in [3.63, 3.8) is 0 Å². The van der Waals surface area contributed by atoms with E-state index in [4.69, 9.17) is 11.6 Å². The molecule has 1 N–H and O–H groups in total. The molecule has 3 radical (unpaired) electrons. The van der Waals surface area contributed by atoms with E-state index in [0.717, 1.165) is 33.5 Å². The Morgan fingerprint density at radius 2 is 0.386 bits per heavy atom. The maximum atomic E-state index is 6.46. The van der Waals surface area contributed by atoms with E-state index in [2.05, 4.69) is 533 Å². The molecule has 20 aromatic rings. The fourth-order valence-electron chi connectivity index (χ4n) is 27.2. The Bertz CT molecular complexity index is 8270. The van der Waals surface area contributed by atoms with Gasteiger partial charge < -0.3 is 10.2 Å². The SMILES string of the molecule is CC1(C)c2ccccc2-c2ccc(N(c3ccc4c(c3)-c3ccccc3C43c4ccccc4C(C)(C)c4ccccc43)c3ccc4c(c3)C(c3ccccc3)(c3ccccc3)c3ccccc3-4)cc21.CC1(C)c2ccccc2-c2ccc(Nc3ccc4c(c3)C(c3ccccc3)(c3ccccc3)c3ccccc3-4)cc21.CC1(C)c2ccccc2C2(c3ccccc3-c3cc(Cl)ccc32)c2ccccc21.[B]. The van der Waals surface area contributed by atoms with Crippen LogP contribution in [0.4, 0.5) is 28.4 Å². The van der Waals surface area contributed by atoms with Crippen LogP contribution in [0.3, 0.4) is 0 Å². The van der Waals surface area contributed by atoms with Crippen molar-refractivity contribution in [2.45, 2.75) is 98.7 Å². The predicted octanol–water partition coefficient (Wildman–Crippen LogP) is 33.9. The lowest BCUT2D eigenvalue weighted by Gasteiger charge is -2.46. The molecule has 0 amide bonds. The Kier molecular flexibility index (Phi) is 19.6. The molecule has 0 fully saturated rings. The molecule has 2 spiro atoms. The number of hydrogen-bond donors (Lipinski definition) is 1. The molecule has 0 saturated carbocycles. The summed E-state index contributed by atoms with van der Waals surface area (Å²) >= 11 is 6.46. The van der Waals surface area contributed by atoms with Gasteiger partial charge in [-0.2, -0.15) is 0 Å². The zero-order valence-electron chi connectivity index (χ0n) is 79.9. The summed E-state index contributed by atoms with van der Waals surface area (Å²) < 4.78 is 0. The van der Waals surface area contributed by atoms with Crippen molar-refractivity contribution in [1.82, 2.24) is 0 Å². The summed E-state index contributed by atoms with van der Waals surface area (Å²) in [6, 6.07) is 177. The van der Waals surface area contributed by atoms with E-state index in [9.17, 15) is 0 Å². The molecule has 4 heteroatoms. The number of hydrogen-bond acceptors (Lipinski definition) is 2. The minimum Gasteiger partial charge on any atom is -0.356 e. The summed E-state index contributed by atoms with van der Waals surface area (Å²) in [4.78, 5) is 2.54. The van der Waals surface area contributed by atoms with E-state index in [1.807, 2.05) is 6.07 Å². The summed E-state index contributed by atoms with van der Waals surface area (Å²) in [6.07, 6.45) is 0. The third kappa shape index (κ3) is 11.9. The Hall–Kier alpha value is -15.6. The molecular weight excluding hydrogens is 1710 g/mol. The van der Waals surface area contributed by atoms with E-state index in [1.54, 1.807) is 0 Å². The smallest absolute Gasteiger partial charge is 0.0719 e. The summed E-state index contributed by atoms with van der Waals surface area (Å²) in [6.45, 7) is 18.9. The second kappa shape index (κ2) is 32.0. The summed E-state index contributed by atoms with van der Waals surface area (Å²) in [5.41, 5.74) is 51.4. The monoisotopic (exact) mass is 1810 g/mol. The summed E-state index contributed by atoms with van der Waals surface area (Å²) in [5.74, 6) is 0. The van der Waals surface area contributed by atoms with Crippen molar-refractivity contribution in [3.8, 4) is 66.8 Å². The lowest BCUT2D eigenvalue weighted by atomic mass is 9.55. The first-order valence-electron chi connectivity index (χ1n) is 49.2. The highest BCUT2D eigenvalue weighted by atomic mass is 35.5. The predicted molar refractivity (Wildman–Crippen MR) is 583 cm³/mol. The van der Waals surface area contributed by atoms with E-state index >= 15 is 0 Å². The standard InChI is InChI=1S/C68H51N.C40H31N.C28H21Cl.B/c1-65(2)55-28-14-11-25-49(55)52-38-35-47(42-63(52)65)69(48-36-39-53-50-26-12-15-29-56(50)67(64(53)43-48,44-21-7-5-8-22-44)45-23-9-6-10-24-45)46-37-40-58-54(41-46)51-27-13-16-30-57(51)68(58)61-33-19-17-31-59(61)66(3,4)60-32-18-20-34-62(60)68;1-39(2)35-19-11-9-17-31(35)33-23-21-29(25-37(33)39)41-30-22-24-34-32-18-10-12-20-36(32)40(38(34)26-30,27-13-5-3-6-14-27)28-15-7-4-8-16-28;1-27(2)23-11-5-7-13-25(23)28(26-14-8-6-12-24(26)27)21-10-4-3-9-19(21)20-17-18(29)15-16-22(20)28;/h5-43H,1-4H3;3-26,41H,1-2H3;3-17H,1-2H3;. The molecule has 8 aliphatic carbocycles. The van der Waals surface area contributed by atoms with Crippen molar-refractivity contribution >= 4 is 48.5 Å². The zero-order valence-corrected chi connectivity index (χ0v) is 80.7. The molecule has 0 saturated heterocycles. The van der Waals surface area contributed by atoms with Crippen LogP contribution in [-0.4, -0.2) is 8.41 Å². The second-order valence-corrected chi connectivity index (χ2v) is 41.7. The Balaban J connectivity index is 0.000000123. The van der Waals surface area contributed by atoms with Gasteiger partial charge >= 0.3 is 0 Å². The van der Waals surface area contributed by atoms with Crippen LogP contribution < -0.4 is 10.2 Å². The second-order valence-electron chi connectivity index (χ2n) is 41.3. The molecule has 667 valence electrons. The molecular formula is C136H103BClN2. The number of fused-ring (bicyclic) bond motifs is 30. The van der Waals surface area contributed by atoms with E-state index in [1.165, 1.54) is 200 Å². The van der Waals surface area contributed by atoms with Crippen LogP contribution >= 0.6 is 11.6 Å². The average molecular weight is 1810 g/mol. The maximum absolute atomic E-state index is 6.46. The third-order valence-corrected chi connectivity index (χ3v) is 33.4. The van der Waals surface area contributed by atoms with Crippen molar-refractivity contribution < 1.29 is 0 Å². The van der Waals surface area contributed by atoms with E-state index < -0.39 is 16.2 Å². The van der Waals surface area contributed by atoms with Crippen LogP contribution in [0.1, 0.15) is 189 Å². The van der Waals surface area contributed by atoms with Gasteiger partial charge in [-0.05, 0) is 273 Å². The molecule has 20 aromatic carbocycles. The topological polar surface area (TPSA) is 15.3 Å². The lowest BCUT2D eigenvalue weighted by Crippen LogP contribution is -2.40. The largest absolute Gasteiger partial charge is 0.356 e. The van der Waals surface area contributed by atoms with Crippen LogP contribution in [0.15, 0.2) is 473 Å². The number of rotatable bonds is 9. The first-order chi connectivity index (χ1) is 67.9. The molecule has 2 nitrogen and oxygen atoms in total. The molecule has 0 unspecified atom stereocenters. The van der Waals surface area contributed by atoms with Gasteiger partial charge in [0.1, 0.15) is 0 Å². The van der Waals surface area contributed by atoms with Crippen molar-refractivity contribution in [3.05, 3.63) is 612 Å². The number of nitrogens with zero attached hydrogens (tertiary/aromatic N) is 1. The van der Waals surface area contributed by atoms with Gasteiger partial charge in [-0.25, -0.2) is 0 Å².